The van der Waals surface area contributed by atoms with Crippen LogP contribution in [-0.2, 0) is 10.0 Å². The third-order valence-electron chi connectivity index (χ3n) is 4.33. The third-order valence-corrected chi connectivity index (χ3v) is 6.39. The zero-order chi connectivity index (χ0) is 22.3. The first-order chi connectivity index (χ1) is 14.3. The monoisotopic (exact) mass is 438 g/mol. The first kappa shape index (κ1) is 23.6. The van der Waals surface area contributed by atoms with Gasteiger partial charge in [-0.15, -0.1) is 0 Å². The van der Waals surface area contributed by atoms with E-state index in [1.807, 2.05) is 13.8 Å². The molecule has 1 amide bonds. The molecule has 0 saturated carbocycles. The summed E-state index contributed by atoms with van der Waals surface area (Å²) >= 11 is 0. The van der Waals surface area contributed by atoms with Crippen LogP contribution in [0.15, 0.2) is 41.3 Å². The number of amides is 1. The summed E-state index contributed by atoms with van der Waals surface area (Å²) in [4.78, 5) is 12.3. The maximum Gasteiger partial charge on any atom is 0.255 e. The van der Waals surface area contributed by atoms with Crippen molar-refractivity contribution in [2.45, 2.75) is 32.6 Å². The maximum absolute atomic E-state index is 14.3. The van der Waals surface area contributed by atoms with E-state index in [9.17, 15) is 17.6 Å². The van der Waals surface area contributed by atoms with Crippen LogP contribution in [0.5, 0.6) is 11.5 Å². The number of benzene rings is 2. The summed E-state index contributed by atoms with van der Waals surface area (Å²) in [7, 11) is -4.06. The molecule has 0 radical (unpaired) electrons. The van der Waals surface area contributed by atoms with Gasteiger partial charge in [-0.1, -0.05) is 13.8 Å². The number of nitrogens with one attached hydrogen (secondary N) is 1. The zero-order valence-electron chi connectivity index (χ0n) is 17.6. The normalized spacial score (nSPS) is 11.4. The second-order valence-corrected chi connectivity index (χ2v) is 8.12. The molecule has 0 unspecified atom stereocenters. The maximum atomic E-state index is 14.3. The van der Waals surface area contributed by atoms with Gasteiger partial charge in [0.1, 0.15) is 22.2 Å². The molecule has 0 aliphatic rings. The number of anilines is 1. The molecule has 2 aromatic carbocycles. The lowest BCUT2D eigenvalue weighted by molar-refractivity contribution is 0.102. The van der Waals surface area contributed by atoms with Gasteiger partial charge >= 0.3 is 0 Å². The minimum absolute atomic E-state index is 0.00592. The van der Waals surface area contributed by atoms with Crippen molar-refractivity contribution < 1.29 is 27.1 Å². The van der Waals surface area contributed by atoms with Crippen molar-refractivity contribution in [3.8, 4) is 11.5 Å². The van der Waals surface area contributed by atoms with Crippen molar-refractivity contribution in [3.05, 3.63) is 47.8 Å². The number of hydrogen-bond acceptors (Lipinski definition) is 5. The van der Waals surface area contributed by atoms with Crippen LogP contribution >= 0.6 is 0 Å². The van der Waals surface area contributed by atoms with Crippen LogP contribution in [0, 0.1) is 5.82 Å². The van der Waals surface area contributed by atoms with E-state index in [1.165, 1.54) is 6.07 Å². The second-order valence-electron chi connectivity index (χ2n) is 6.21. The molecule has 0 aliphatic heterocycles. The SMILES string of the molecule is CCOc1ccc(OCC)c(NC(=O)c2ccc(F)c(S(=O)(=O)N(CC)CC)c2)c1. The lowest BCUT2D eigenvalue weighted by Gasteiger charge is -2.19. The summed E-state index contributed by atoms with van der Waals surface area (Å²) in [6, 6.07) is 8.26. The van der Waals surface area contributed by atoms with Gasteiger partial charge in [0.2, 0.25) is 10.0 Å². The summed E-state index contributed by atoms with van der Waals surface area (Å²) in [5.74, 6) is -0.528. The second kappa shape index (κ2) is 10.4. The van der Waals surface area contributed by atoms with E-state index in [0.717, 1.165) is 16.4 Å². The molecule has 0 bridgehead atoms. The summed E-state index contributed by atoms with van der Waals surface area (Å²) in [5.41, 5.74) is 0.372. The summed E-state index contributed by atoms with van der Waals surface area (Å²) in [6.45, 7) is 8.20. The Morgan fingerprint density at radius 2 is 1.67 bits per heavy atom. The van der Waals surface area contributed by atoms with Gasteiger partial charge in [0.15, 0.2) is 0 Å². The van der Waals surface area contributed by atoms with E-state index in [0.29, 0.717) is 30.4 Å². The standard InChI is InChI=1S/C21H27FN2O5S/c1-5-24(6-2)30(26,27)20-13-15(9-11-17(20)22)21(25)23-18-14-16(28-7-3)10-12-19(18)29-8-4/h9-14H,5-8H2,1-4H3,(H,23,25). The molecule has 0 heterocycles. The molecule has 0 saturated heterocycles. The molecule has 164 valence electrons. The number of nitrogens with zero attached hydrogens (tertiary/aromatic N) is 1. The van der Waals surface area contributed by atoms with E-state index >= 15 is 0 Å². The van der Waals surface area contributed by atoms with E-state index in [-0.39, 0.29) is 18.7 Å². The Labute approximate surface area is 176 Å². The Balaban J connectivity index is 2.40. The number of rotatable bonds is 10. The minimum atomic E-state index is -4.06. The largest absolute Gasteiger partial charge is 0.494 e. The molecule has 2 rings (SSSR count). The fourth-order valence-electron chi connectivity index (χ4n) is 2.88. The van der Waals surface area contributed by atoms with Crippen LogP contribution in [0.25, 0.3) is 0 Å². The predicted molar refractivity (Wildman–Crippen MR) is 113 cm³/mol. The van der Waals surface area contributed by atoms with Crippen molar-refractivity contribution in [3.63, 3.8) is 0 Å². The molecule has 9 heteroatoms. The van der Waals surface area contributed by atoms with Crippen molar-refractivity contribution in [2.75, 3.05) is 31.6 Å². The van der Waals surface area contributed by atoms with Crippen LogP contribution in [0.1, 0.15) is 38.1 Å². The lowest BCUT2D eigenvalue weighted by atomic mass is 10.2. The average Bonchev–Trinajstić information content (AvgIpc) is 2.71. The average molecular weight is 439 g/mol. The highest BCUT2D eigenvalue weighted by atomic mass is 32.2. The molecule has 30 heavy (non-hydrogen) atoms. The highest BCUT2D eigenvalue weighted by molar-refractivity contribution is 7.89. The van der Waals surface area contributed by atoms with Gasteiger partial charge in [0, 0.05) is 24.7 Å². The number of carbonyl (C=O) groups is 1. The molecule has 0 aromatic heterocycles. The Bertz CT molecular complexity index is 991. The van der Waals surface area contributed by atoms with Gasteiger partial charge < -0.3 is 14.8 Å². The Hall–Kier alpha value is -2.65. The Morgan fingerprint density at radius 1 is 1.00 bits per heavy atom. The van der Waals surface area contributed by atoms with Crippen molar-refractivity contribution in [1.29, 1.82) is 0 Å². The van der Waals surface area contributed by atoms with E-state index < -0.39 is 26.6 Å². The molecule has 0 fully saturated rings. The highest BCUT2D eigenvalue weighted by Gasteiger charge is 2.26. The highest BCUT2D eigenvalue weighted by Crippen LogP contribution is 2.30. The molecule has 0 aliphatic carbocycles. The lowest BCUT2D eigenvalue weighted by Crippen LogP contribution is -2.31. The van der Waals surface area contributed by atoms with Gasteiger partial charge in [-0.25, -0.2) is 12.8 Å². The molecule has 2 aromatic rings. The summed E-state index contributed by atoms with van der Waals surface area (Å²) in [5, 5.41) is 2.69. The van der Waals surface area contributed by atoms with Crippen molar-refractivity contribution >= 4 is 21.6 Å². The topological polar surface area (TPSA) is 84.9 Å². The quantitative estimate of drug-likeness (QED) is 0.608. The van der Waals surface area contributed by atoms with E-state index in [4.69, 9.17) is 9.47 Å². The molecular weight excluding hydrogens is 411 g/mol. The van der Waals surface area contributed by atoms with Crippen LogP contribution in [0.4, 0.5) is 10.1 Å². The predicted octanol–water partition coefficient (Wildman–Crippen LogP) is 3.91. The molecular formula is C21H27FN2O5S. The number of hydrogen-bond donors (Lipinski definition) is 1. The van der Waals surface area contributed by atoms with Gasteiger partial charge in [-0.3, -0.25) is 4.79 Å². The summed E-state index contributed by atoms with van der Waals surface area (Å²) < 4.78 is 51.9. The molecule has 0 atom stereocenters. The van der Waals surface area contributed by atoms with Crippen LogP contribution in [0.2, 0.25) is 0 Å². The molecule has 0 spiro atoms. The first-order valence-corrected chi connectivity index (χ1v) is 11.2. The van der Waals surface area contributed by atoms with E-state index in [2.05, 4.69) is 5.32 Å². The van der Waals surface area contributed by atoms with E-state index in [1.54, 1.807) is 32.0 Å². The van der Waals surface area contributed by atoms with Crippen LogP contribution < -0.4 is 14.8 Å². The van der Waals surface area contributed by atoms with Crippen LogP contribution in [-0.4, -0.2) is 44.9 Å². The van der Waals surface area contributed by atoms with Gasteiger partial charge in [-0.2, -0.15) is 4.31 Å². The number of sulfonamides is 1. The third kappa shape index (κ3) is 5.28. The molecule has 7 nitrogen and oxygen atoms in total. The summed E-state index contributed by atoms with van der Waals surface area (Å²) in [6.07, 6.45) is 0. The number of ether oxygens (including phenoxy) is 2. The van der Waals surface area contributed by atoms with Gasteiger partial charge in [0.05, 0.1) is 18.9 Å². The zero-order valence-corrected chi connectivity index (χ0v) is 18.4. The fraction of sp³-hybridized carbons (Fsp3) is 0.381. The minimum Gasteiger partial charge on any atom is -0.494 e. The smallest absolute Gasteiger partial charge is 0.255 e. The fourth-order valence-corrected chi connectivity index (χ4v) is 4.43. The van der Waals surface area contributed by atoms with Gasteiger partial charge in [0.25, 0.3) is 5.91 Å². The Morgan fingerprint density at radius 3 is 2.27 bits per heavy atom. The van der Waals surface area contributed by atoms with Gasteiger partial charge in [-0.05, 0) is 44.2 Å². The van der Waals surface area contributed by atoms with Crippen molar-refractivity contribution in [2.24, 2.45) is 0 Å². The molecule has 1 N–H and O–H groups in total. The van der Waals surface area contributed by atoms with Crippen LogP contribution in [0.3, 0.4) is 0 Å². The Kier molecular flexibility index (Phi) is 8.19. The first-order valence-electron chi connectivity index (χ1n) is 9.79. The van der Waals surface area contributed by atoms with Crippen molar-refractivity contribution in [1.82, 2.24) is 4.31 Å². The number of halogens is 1. The number of carbonyl (C=O) groups excluding carboxylic acids is 1.